The van der Waals surface area contributed by atoms with E-state index in [2.05, 4.69) is 5.32 Å². The van der Waals surface area contributed by atoms with Crippen LogP contribution in [-0.4, -0.2) is 37.0 Å². The van der Waals surface area contributed by atoms with E-state index in [-0.39, 0.29) is 18.4 Å². The van der Waals surface area contributed by atoms with Crippen LogP contribution < -0.4 is 15.0 Å². The summed E-state index contributed by atoms with van der Waals surface area (Å²) in [6.07, 6.45) is 1.08. The number of anilines is 2. The van der Waals surface area contributed by atoms with Crippen molar-refractivity contribution >= 4 is 34.9 Å². The molecule has 0 atom stereocenters. The van der Waals surface area contributed by atoms with E-state index in [1.54, 1.807) is 16.9 Å². The van der Waals surface area contributed by atoms with Crippen LogP contribution in [0.3, 0.4) is 0 Å². The summed E-state index contributed by atoms with van der Waals surface area (Å²) in [7, 11) is 1.60. The molecule has 1 heterocycles. The third kappa shape index (κ3) is 5.65. The van der Waals surface area contributed by atoms with E-state index in [4.69, 9.17) is 16.3 Å². The highest BCUT2D eigenvalue weighted by Gasteiger charge is 2.27. The molecule has 4 rings (SSSR count). The van der Waals surface area contributed by atoms with Crippen LogP contribution >= 0.6 is 11.6 Å². The molecular weight excluding hydrogens is 438 g/mol. The summed E-state index contributed by atoms with van der Waals surface area (Å²) in [5.74, 6) is 0.581. The van der Waals surface area contributed by atoms with E-state index in [1.165, 1.54) is 0 Å². The van der Waals surface area contributed by atoms with Crippen molar-refractivity contribution < 1.29 is 14.3 Å². The minimum atomic E-state index is -0.134. The number of nitrogens with zero attached hydrogens (tertiary/aromatic N) is 2. The van der Waals surface area contributed by atoms with Crippen LogP contribution in [0.4, 0.5) is 16.2 Å². The molecule has 3 amide bonds. The number of hydrogen-bond acceptors (Lipinski definition) is 3. The van der Waals surface area contributed by atoms with Gasteiger partial charge in [0.1, 0.15) is 5.75 Å². The Balaban J connectivity index is 1.43. The lowest BCUT2D eigenvalue weighted by atomic mass is 10.1. The van der Waals surface area contributed by atoms with E-state index in [0.717, 1.165) is 23.2 Å². The monoisotopic (exact) mass is 463 g/mol. The van der Waals surface area contributed by atoms with Crippen molar-refractivity contribution in [3.63, 3.8) is 0 Å². The Morgan fingerprint density at radius 2 is 1.85 bits per heavy atom. The van der Waals surface area contributed by atoms with Crippen LogP contribution in [0.2, 0.25) is 5.02 Å². The predicted molar refractivity (Wildman–Crippen MR) is 131 cm³/mol. The van der Waals surface area contributed by atoms with Gasteiger partial charge in [-0.15, -0.1) is 0 Å². The molecule has 7 heteroatoms. The van der Waals surface area contributed by atoms with Gasteiger partial charge in [0, 0.05) is 36.0 Å². The molecule has 0 aliphatic carbocycles. The Hall–Kier alpha value is -3.51. The van der Waals surface area contributed by atoms with Gasteiger partial charge in [-0.2, -0.15) is 0 Å². The third-order valence-electron chi connectivity index (χ3n) is 5.57. The van der Waals surface area contributed by atoms with Crippen LogP contribution in [0.25, 0.3) is 0 Å². The lowest BCUT2D eigenvalue weighted by Crippen LogP contribution is -2.49. The first kappa shape index (κ1) is 22.7. The van der Waals surface area contributed by atoms with Crippen LogP contribution in [0.5, 0.6) is 5.75 Å². The lowest BCUT2D eigenvalue weighted by Gasteiger charge is -2.36. The zero-order valence-corrected chi connectivity index (χ0v) is 19.2. The Morgan fingerprint density at radius 1 is 1.03 bits per heavy atom. The first-order valence-corrected chi connectivity index (χ1v) is 11.2. The summed E-state index contributed by atoms with van der Waals surface area (Å²) in [5.41, 5.74) is 3.19. The maximum Gasteiger partial charge on any atom is 0.324 e. The molecule has 170 valence electrons. The quantitative estimate of drug-likeness (QED) is 0.513. The molecule has 3 aromatic rings. The van der Waals surface area contributed by atoms with Crippen molar-refractivity contribution in [2.24, 2.45) is 0 Å². The number of halogens is 1. The molecule has 1 saturated heterocycles. The number of nitrogens with one attached hydrogen (secondary N) is 1. The Bertz CT molecular complexity index is 1150. The van der Waals surface area contributed by atoms with E-state index in [9.17, 15) is 9.59 Å². The molecule has 6 nitrogen and oxygen atoms in total. The van der Waals surface area contributed by atoms with Crippen molar-refractivity contribution in [1.29, 1.82) is 0 Å². The van der Waals surface area contributed by atoms with Crippen LogP contribution in [-0.2, 0) is 17.8 Å². The second-order valence-corrected chi connectivity index (χ2v) is 8.33. The van der Waals surface area contributed by atoms with Gasteiger partial charge in [0.15, 0.2) is 0 Å². The van der Waals surface area contributed by atoms with Crippen LogP contribution in [0.15, 0.2) is 72.8 Å². The van der Waals surface area contributed by atoms with Gasteiger partial charge >= 0.3 is 6.03 Å². The summed E-state index contributed by atoms with van der Waals surface area (Å²) in [5, 5.41) is 3.59. The number of amides is 3. The van der Waals surface area contributed by atoms with Gasteiger partial charge in [-0.25, -0.2) is 4.79 Å². The van der Waals surface area contributed by atoms with Crippen molar-refractivity contribution in [2.45, 2.75) is 19.4 Å². The molecule has 1 aliphatic rings. The third-order valence-corrected chi connectivity index (χ3v) is 5.94. The molecular formula is C26H26ClN3O3. The van der Waals surface area contributed by atoms with Gasteiger partial charge in [0.05, 0.1) is 13.5 Å². The van der Waals surface area contributed by atoms with E-state index in [0.29, 0.717) is 36.1 Å². The first-order chi connectivity index (χ1) is 16.0. The lowest BCUT2D eigenvalue weighted by molar-refractivity contribution is -0.115. The Labute approximate surface area is 198 Å². The summed E-state index contributed by atoms with van der Waals surface area (Å²) < 4.78 is 5.22. The molecule has 1 N–H and O–H groups in total. The molecule has 0 radical (unpaired) electrons. The van der Waals surface area contributed by atoms with Gasteiger partial charge in [0.2, 0.25) is 5.91 Å². The molecule has 0 aromatic heterocycles. The molecule has 1 fully saturated rings. The molecule has 1 aliphatic heterocycles. The molecule has 0 spiro atoms. The van der Waals surface area contributed by atoms with E-state index in [1.807, 2.05) is 72.8 Å². The fraction of sp³-hybridized carbons (Fsp3) is 0.231. The maximum absolute atomic E-state index is 13.2. The molecule has 0 bridgehead atoms. The fourth-order valence-electron chi connectivity index (χ4n) is 3.92. The maximum atomic E-state index is 13.2. The molecule has 0 saturated carbocycles. The highest BCUT2D eigenvalue weighted by atomic mass is 35.5. The fourth-order valence-corrected chi connectivity index (χ4v) is 4.12. The van der Waals surface area contributed by atoms with Crippen molar-refractivity contribution in [3.8, 4) is 5.75 Å². The van der Waals surface area contributed by atoms with Gasteiger partial charge in [0.25, 0.3) is 0 Å². The highest BCUT2D eigenvalue weighted by Crippen LogP contribution is 2.26. The van der Waals surface area contributed by atoms with Gasteiger partial charge in [-0.1, -0.05) is 48.0 Å². The van der Waals surface area contributed by atoms with Gasteiger partial charge in [-0.05, 0) is 53.9 Å². The minimum Gasteiger partial charge on any atom is -0.497 e. The van der Waals surface area contributed by atoms with Crippen LogP contribution in [0.1, 0.15) is 17.5 Å². The van der Waals surface area contributed by atoms with Gasteiger partial charge in [-0.3, -0.25) is 9.69 Å². The van der Waals surface area contributed by atoms with Crippen molar-refractivity contribution in [1.82, 2.24) is 4.90 Å². The zero-order valence-electron chi connectivity index (χ0n) is 18.5. The van der Waals surface area contributed by atoms with Crippen molar-refractivity contribution in [2.75, 3.05) is 30.4 Å². The molecule has 33 heavy (non-hydrogen) atoms. The number of urea groups is 1. The number of carbonyl (C=O) groups excluding carboxylic acids is 2. The molecule has 3 aromatic carbocycles. The SMILES string of the molecule is COc1cccc(CC(=O)Nc2cccc(N3CCCN(Cc4ccccc4Cl)C3=O)c2)c1. The number of hydrogen-bond donors (Lipinski definition) is 1. The standard InChI is InChI=1S/C26H26ClN3O3/c1-33-23-11-4-7-19(15-23)16-25(31)28-21-9-5-10-22(17-21)30-14-6-13-29(26(30)32)18-20-8-2-3-12-24(20)27/h2-5,7-12,15,17H,6,13-14,16,18H2,1H3,(H,28,31). The molecule has 0 unspecified atom stereocenters. The van der Waals surface area contributed by atoms with Gasteiger partial charge < -0.3 is 15.0 Å². The first-order valence-electron chi connectivity index (χ1n) is 10.9. The largest absolute Gasteiger partial charge is 0.497 e. The van der Waals surface area contributed by atoms with Crippen molar-refractivity contribution in [3.05, 3.63) is 88.9 Å². The number of methoxy groups -OCH3 is 1. The number of carbonyl (C=O) groups is 2. The number of rotatable bonds is 7. The summed E-state index contributed by atoms with van der Waals surface area (Å²) >= 11 is 6.29. The summed E-state index contributed by atoms with van der Waals surface area (Å²) in [4.78, 5) is 29.3. The Kier molecular flexibility index (Phi) is 7.15. The average molecular weight is 464 g/mol. The average Bonchev–Trinajstić information content (AvgIpc) is 2.82. The Morgan fingerprint density at radius 3 is 2.67 bits per heavy atom. The normalized spacial score (nSPS) is 13.7. The smallest absolute Gasteiger partial charge is 0.324 e. The van der Waals surface area contributed by atoms with E-state index < -0.39 is 0 Å². The topological polar surface area (TPSA) is 61.9 Å². The minimum absolute atomic E-state index is 0.0685. The summed E-state index contributed by atoms with van der Waals surface area (Å²) in [6.45, 7) is 1.77. The zero-order chi connectivity index (χ0) is 23.2. The van der Waals surface area contributed by atoms with E-state index >= 15 is 0 Å². The highest BCUT2D eigenvalue weighted by molar-refractivity contribution is 6.31. The number of ether oxygens (including phenoxy) is 1. The predicted octanol–water partition coefficient (Wildman–Crippen LogP) is 5.36. The second kappa shape index (κ2) is 10.4. The second-order valence-electron chi connectivity index (χ2n) is 7.93. The number of benzene rings is 3. The van der Waals surface area contributed by atoms with Crippen LogP contribution in [0, 0.1) is 0 Å². The summed E-state index contributed by atoms with van der Waals surface area (Å²) in [6, 6.07) is 22.3.